The normalized spacial score (nSPS) is 20.4. The third kappa shape index (κ3) is 4.31. The van der Waals surface area contributed by atoms with Gasteiger partial charge in [0, 0.05) is 10.4 Å². The van der Waals surface area contributed by atoms with Crippen molar-refractivity contribution in [3.63, 3.8) is 0 Å². The Balaban J connectivity index is 1.72. The molecule has 1 aromatic carbocycles. The minimum Gasteiger partial charge on any atom is -0.328 e. The van der Waals surface area contributed by atoms with Gasteiger partial charge in [-0.2, -0.15) is 0 Å². The minimum absolute atomic E-state index is 0.0316. The van der Waals surface area contributed by atoms with E-state index >= 15 is 0 Å². The largest absolute Gasteiger partial charge is 0.328 e. The molecule has 29 heavy (non-hydrogen) atoms. The van der Waals surface area contributed by atoms with E-state index in [0.29, 0.717) is 5.56 Å². The highest BCUT2D eigenvalue weighted by atomic mass is 32.1. The fourth-order valence-electron chi connectivity index (χ4n) is 4.14. The molecular formula is C23H29N3OS2+2. The van der Waals surface area contributed by atoms with Gasteiger partial charge in [-0.25, -0.2) is 0 Å². The van der Waals surface area contributed by atoms with E-state index in [1.807, 2.05) is 41.7 Å². The molecule has 1 unspecified atom stereocenters. The van der Waals surface area contributed by atoms with Crippen LogP contribution in [0.4, 0.5) is 5.00 Å². The van der Waals surface area contributed by atoms with Crippen LogP contribution >= 0.6 is 22.7 Å². The third-order valence-corrected chi connectivity index (χ3v) is 8.04. The van der Waals surface area contributed by atoms with E-state index < -0.39 is 0 Å². The van der Waals surface area contributed by atoms with E-state index in [9.17, 15) is 4.79 Å². The number of hydrogen-bond donors (Lipinski definition) is 3. The Morgan fingerprint density at radius 3 is 2.41 bits per heavy atom. The topological polar surface area (TPSA) is 38.0 Å². The second-order valence-corrected chi connectivity index (χ2v) is 10.1. The van der Waals surface area contributed by atoms with E-state index in [-0.39, 0.29) is 11.9 Å². The molecule has 1 aliphatic heterocycles. The maximum absolute atomic E-state index is 12.9. The first-order valence-electron chi connectivity index (χ1n) is 10.2. The number of anilines is 1. The molecule has 1 atom stereocenters. The first-order valence-corrected chi connectivity index (χ1v) is 11.9. The van der Waals surface area contributed by atoms with E-state index in [0.717, 1.165) is 18.1 Å². The Hall–Kier alpha value is -1.99. The molecule has 2 aromatic heterocycles. The highest BCUT2D eigenvalue weighted by molar-refractivity contribution is 7.16. The minimum atomic E-state index is -0.0316. The highest BCUT2D eigenvalue weighted by Gasteiger charge is 2.35. The molecule has 3 heterocycles. The number of hydrogen-bond acceptors (Lipinski definition) is 3. The van der Waals surface area contributed by atoms with Crippen LogP contribution in [0.2, 0.25) is 0 Å². The number of benzene rings is 1. The number of carbonyl (C=O) groups excluding carboxylic acids is 1. The quantitative estimate of drug-likeness (QED) is 0.574. The van der Waals surface area contributed by atoms with Crippen molar-refractivity contribution in [3.05, 3.63) is 74.3 Å². The van der Waals surface area contributed by atoms with Crippen LogP contribution in [0.3, 0.4) is 0 Å². The molecule has 0 aliphatic carbocycles. The number of piperazine rings is 1. The van der Waals surface area contributed by atoms with Crippen LogP contribution in [0.1, 0.15) is 37.3 Å². The maximum Gasteiger partial charge on any atom is 0.256 e. The third-order valence-electron chi connectivity index (χ3n) is 5.97. The van der Waals surface area contributed by atoms with Gasteiger partial charge >= 0.3 is 0 Å². The SMILES string of the molecule is Cc1sc(NC(=O)c2ccccc2)c(C(c2cccs2)[NH+]2CC[NH+](C)CC2)c1C. The summed E-state index contributed by atoms with van der Waals surface area (Å²) in [6.07, 6.45) is 0. The number of rotatable bonds is 5. The Labute approximate surface area is 180 Å². The summed E-state index contributed by atoms with van der Waals surface area (Å²) in [5.74, 6) is -0.0316. The van der Waals surface area contributed by atoms with E-state index in [1.165, 1.54) is 34.0 Å². The fraction of sp³-hybridized carbons (Fsp3) is 0.348. The monoisotopic (exact) mass is 427 g/mol. The lowest BCUT2D eigenvalue weighted by Crippen LogP contribution is -3.27. The van der Waals surface area contributed by atoms with Gasteiger partial charge in [0.05, 0.1) is 17.5 Å². The molecule has 0 bridgehead atoms. The number of aryl methyl sites for hydroxylation is 1. The molecule has 152 valence electrons. The smallest absolute Gasteiger partial charge is 0.256 e. The van der Waals surface area contributed by atoms with Gasteiger partial charge in [0.1, 0.15) is 31.2 Å². The molecule has 3 N–H and O–H groups in total. The van der Waals surface area contributed by atoms with Gasteiger partial charge in [0.2, 0.25) is 0 Å². The molecule has 4 nitrogen and oxygen atoms in total. The zero-order chi connectivity index (χ0) is 20.4. The average Bonchev–Trinajstić information content (AvgIpc) is 3.35. The van der Waals surface area contributed by atoms with Crippen molar-refractivity contribution in [2.75, 3.05) is 38.5 Å². The van der Waals surface area contributed by atoms with Crippen LogP contribution in [0.25, 0.3) is 0 Å². The predicted molar refractivity (Wildman–Crippen MR) is 122 cm³/mol. The second-order valence-electron chi connectivity index (χ2n) is 7.91. The van der Waals surface area contributed by atoms with Crippen LogP contribution in [0.15, 0.2) is 47.8 Å². The van der Waals surface area contributed by atoms with Crippen molar-refractivity contribution in [2.45, 2.75) is 19.9 Å². The van der Waals surface area contributed by atoms with Gasteiger partial charge in [0.25, 0.3) is 5.91 Å². The molecule has 1 fully saturated rings. The van der Waals surface area contributed by atoms with Crippen LogP contribution in [0, 0.1) is 13.8 Å². The van der Waals surface area contributed by atoms with Gasteiger partial charge < -0.3 is 15.1 Å². The summed E-state index contributed by atoms with van der Waals surface area (Å²) in [5.41, 5.74) is 3.31. The summed E-state index contributed by atoms with van der Waals surface area (Å²) in [6.45, 7) is 9.04. The van der Waals surface area contributed by atoms with Gasteiger partial charge in [0.15, 0.2) is 6.04 Å². The molecule has 0 radical (unpaired) electrons. The summed E-state index contributed by atoms with van der Waals surface area (Å²) < 4.78 is 0. The van der Waals surface area contributed by atoms with E-state index in [1.54, 1.807) is 21.1 Å². The number of nitrogens with one attached hydrogen (secondary N) is 3. The lowest BCUT2D eigenvalue weighted by atomic mass is 9.99. The molecule has 1 aliphatic rings. The van der Waals surface area contributed by atoms with Crippen molar-refractivity contribution in [1.82, 2.24) is 0 Å². The van der Waals surface area contributed by atoms with E-state index in [2.05, 4.69) is 43.7 Å². The molecule has 3 aromatic rings. The maximum atomic E-state index is 12.9. The van der Waals surface area contributed by atoms with Crippen LogP contribution < -0.4 is 15.1 Å². The Morgan fingerprint density at radius 1 is 1.03 bits per heavy atom. The Bertz CT molecular complexity index is 958. The first kappa shape index (κ1) is 20.3. The number of amides is 1. The summed E-state index contributed by atoms with van der Waals surface area (Å²) in [7, 11) is 2.28. The van der Waals surface area contributed by atoms with Crippen LogP contribution in [-0.4, -0.2) is 39.1 Å². The van der Waals surface area contributed by atoms with Crippen LogP contribution in [-0.2, 0) is 0 Å². The van der Waals surface area contributed by atoms with E-state index in [4.69, 9.17) is 0 Å². The number of thiophene rings is 2. The molecule has 0 saturated carbocycles. The number of quaternary nitrogens is 2. The predicted octanol–water partition coefficient (Wildman–Crippen LogP) is 2.18. The molecular weight excluding hydrogens is 398 g/mol. The Morgan fingerprint density at radius 2 is 1.76 bits per heavy atom. The zero-order valence-corrected chi connectivity index (χ0v) is 18.9. The van der Waals surface area contributed by atoms with Gasteiger partial charge in [-0.15, -0.1) is 22.7 Å². The molecule has 6 heteroatoms. The zero-order valence-electron chi connectivity index (χ0n) is 17.2. The summed E-state index contributed by atoms with van der Waals surface area (Å²) >= 11 is 3.53. The van der Waals surface area contributed by atoms with Crippen molar-refractivity contribution in [3.8, 4) is 0 Å². The van der Waals surface area contributed by atoms with Crippen molar-refractivity contribution < 1.29 is 14.6 Å². The molecule has 1 saturated heterocycles. The van der Waals surface area contributed by atoms with Gasteiger partial charge in [-0.05, 0) is 43.0 Å². The highest BCUT2D eigenvalue weighted by Crippen LogP contribution is 2.39. The molecule has 1 amide bonds. The van der Waals surface area contributed by atoms with Crippen molar-refractivity contribution >= 4 is 33.6 Å². The molecule has 4 rings (SSSR count). The number of carbonyl (C=O) groups is 1. The van der Waals surface area contributed by atoms with Crippen molar-refractivity contribution in [2.24, 2.45) is 0 Å². The van der Waals surface area contributed by atoms with Crippen LogP contribution in [0.5, 0.6) is 0 Å². The summed E-state index contributed by atoms with van der Waals surface area (Å²) in [4.78, 5) is 18.8. The number of likely N-dealkylation sites (N-methyl/N-ethyl adjacent to an activating group) is 1. The molecule has 0 spiro atoms. The lowest BCUT2D eigenvalue weighted by molar-refractivity contribution is -1.02. The van der Waals surface area contributed by atoms with Crippen molar-refractivity contribution in [1.29, 1.82) is 0 Å². The first-order chi connectivity index (χ1) is 14.0. The lowest BCUT2D eigenvalue weighted by Gasteiger charge is -2.33. The average molecular weight is 428 g/mol. The summed E-state index contributed by atoms with van der Waals surface area (Å²) in [5, 5.41) is 6.42. The fourth-order valence-corrected chi connectivity index (χ4v) is 6.13. The standard InChI is InChI=1S/C23H27N3OS2/c1-16-17(2)29-23(24-22(27)18-8-5-4-6-9-18)20(16)21(19-10-7-15-28-19)26-13-11-25(3)12-14-26/h4-10,15,21H,11-14H2,1-3H3,(H,24,27)/p+2. The van der Waals surface area contributed by atoms with Gasteiger partial charge in [-0.1, -0.05) is 24.3 Å². The Kier molecular flexibility index (Phi) is 6.15. The van der Waals surface area contributed by atoms with Gasteiger partial charge in [-0.3, -0.25) is 4.79 Å². The summed E-state index contributed by atoms with van der Waals surface area (Å²) in [6, 6.07) is 14.2. The second kappa shape index (κ2) is 8.79.